The van der Waals surface area contributed by atoms with Crippen molar-refractivity contribution >= 4 is 45.2 Å². The second-order valence-electron chi connectivity index (χ2n) is 10.2. The molecule has 6 rings (SSSR count). The highest BCUT2D eigenvalue weighted by molar-refractivity contribution is 6.20. The van der Waals surface area contributed by atoms with Crippen LogP contribution in [0.4, 0.5) is 10.1 Å². The van der Waals surface area contributed by atoms with Crippen LogP contribution in [0.3, 0.4) is 0 Å². The van der Waals surface area contributed by atoms with E-state index in [1.165, 1.54) is 24.3 Å². The number of hydrogen-bond acceptors (Lipinski definition) is 5. The molecule has 0 bridgehead atoms. The number of nitrogens with zero attached hydrogens (tertiary/aromatic N) is 1. The molecule has 44 heavy (non-hydrogen) atoms. The van der Waals surface area contributed by atoms with Crippen LogP contribution in [0.1, 0.15) is 42.3 Å². The first-order valence-corrected chi connectivity index (χ1v) is 13.8. The molecule has 0 aliphatic heterocycles. The zero-order valence-electron chi connectivity index (χ0n) is 23.4. The molecule has 7 N–H and O–H groups in total. The van der Waals surface area contributed by atoms with Crippen LogP contribution in [0.15, 0.2) is 97.2 Å². The number of carbonyl (C=O) groups excluding carboxylic acids is 3. The van der Waals surface area contributed by atoms with E-state index in [2.05, 4.69) is 20.6 Å². The molecule has 4 aromatic carbocycles. The Hall–Kier alpha value is -5.87. The molecule has 0 saturated carbocycles. The fraction of sp³-hybridized carbons (Fsp3) is 0.0588. The number of nitrogens with one attached hydrogen (secondary N) is 3. The standard InChI is InChI=1S/C34H27FN6O3/c35-21-10-7-19(8-11-21)34(44)41-28-6-3-5-23(27(28)17-36)24-13-14-26(32(37)42)31-30(24)25-12-9-20(16-29(25)40-31)33(43)39-18-22-4-1-2-15-38-22/h1-16,40H,17-18,36H2,(H2,37,42)(H,39,43)(H,41,44). The highest BCUT2D eigenvalue weighted by Crippen LogP contribution is 2.39. The molecule has 0 fully saturated rings. The molecule has 2 heterocycles. The SMILES string of the molecule is NCc1c(NC(=O)c2ccc(F)cc2)cccc1-c1ccc(C(N)=O)c2[nH]c3cc(C(=O)NCc4ccccn4)ccc3c12. The number of H-pyrrole nitrogens is 1. The van der Waals surface area contributed by atoms with Gasteiger partial charge in [-0.2, -0.15) is 0 Å². The van der Waals surface area contributed by atoms with Crippen LogP contribution < -0.4 is 22.1 Å². The number of rotatable bonds is 8. The first-order chi connectivity index (χ1) is 21.3. The number of benzene rings is 4. The zero-order chi connectivity index (χ0) is 30.8. The van der Waals surface area contributed by atoms with E-state index in [0.29, 0.717) is 38.8 Å². The molecular formula is C34H27FN6O3. The van der Waals surface area contributed by atoms with Crippen molar-refractivity contribution in [2.24, 2.45) is 11.5 Å². The Bertz CT molecular complexity index is 2060. The number of nitrogens with two attached hydrogens (primary N) is 2. The maximum absolute atomic E-state index is 13.4. The highest BCUT2D eigenvalue weighted by Gasteiger charge is 2.20. The van der Waals surface area contributed by atoms with Crippen molar-refractivity contribution in [2.45, 2.75) is 13.1 Å². The van der Waals surface area contributed by atoms with Crippen molar-refractivity contribution in [3.63, 3.8) is 0 Å². The summed E-state index contributed by atoms with van der Waals surface area (Å²) in [5.74, 6) is -1.74. The van der Waals surface area contributed by atoms with E-state index in [4.69, 9.17) is 11.5 Å². The predicted molar refractivity (Wildman–Crippen MR) is 167 cm³/mol. The number of anilines is 1. The van der Waals surface area contributed by atoms with Gasteiger partial charge in [0.2, 0.25) is 0 Å². The summed E-state index contributed by atoms with van der Waals surface area (Å²) >= 11 is 0. The largest absolute Gasteiger partial charge is 0.366 e. The smallest absolute Gasteiger partial charge is 0.255 e. The van der Waals surface area contributed by atoms with Crippen molar-refractivity contribution in [2.75, 3.05) is 5.32 Å². The number of aromatic amines is 1. The molecule has 0 atom stereocenters. The average Bonchev–Trinajstić information content (AvgIpc) is 3.42. The Morgan fingerprint density at radius 3 is 2.36 bits per heavy atom. The summed E-state index contributed by atoms with van der Waals surface area (Å²) in [4.78, 5) is 45.9. The lowest BCUT2D eigenvalue weighted by Crippen LogP contribution is -2.23. The van der Waals surface area contributed by atoms with Crippen LogP contribution >= 0.6 is 0 Å². The number of amides is 3. The van der Waals surface area contributed by atoms with Crippen LogP contribution in [-0.4, -0.2) is 27.7 Å². The lowest BCUT2D eigenvalue weighted by atomic mass is 9.92. The second kappa shape index (κ2) is 11.8. The van der Waals surface area contributed by atoms with Gasteiger partial charge in [0.1, 0.15) is 5.82 Å². The molecule has 0 unspecified atom stereocenters. The van der Waals surface area contributed by atoms with Crippen molar-refractivity contribution < 1.29 is 18.8 Å². The van der Waals surface area contributed by atoms with Crippen molar-refractivity contribution in [3.8, 4) is 11.1 Å². The third kappa shape index (κ3) is 5.37. The number of aromatic nitrogens is 2. The normalized spacial score (nSPS) is 11.0. The predicted octanol–water partition coefficient (Wildman–Crippen LogP) is 5.26. The van der Waals surface area contributed by atoms with E-state index in [0.717, 1.165) is 22.2 Å². The Kier molecular flexibility index (Phi) is 7.57. The molecule has 0 aliphatic carbocycles. The first-order valence-electron chi connectivity index (χ1n) is 13.8. The van der Waals surface area contributed by atoms with Crippen molar-refractivity contribution in [3.05, 3.63) is 131 Å². The summed E-state index contributed by atoms with van der Waals surface area (Å²) in [5.41, 5.74) is 17.5. The fourth-order valence-corrected chi connectivity index (χ4v) is 5.33. The Morgan fingerprint density at radius 2 is 1.64 bits per heavy atom. The molecule has 0 saturated heterocycles. The number of halogens is 1. The van der Waals surface area contributed by atoms with Gasteiger partial charge >= 0.3 is 0 Å². The maximum atomic E-state index is 13.4. The van der Waals surface area contributed by atoms with Gasteiger partial charge in [0.05, 0.1) is 23.3 Å². The third-order valence-corrected chi connectivity index (χ3v) is 7.46. The fourth-order valence-electron chi connectivity index (χ4n) is 5.33. The minimum Gasteiger partial charge on any atom is -0.366 e. The average molecular weight is 587 g/mol. The van der Waals surface area contributed by atoms with Crippen LogP contribution in [0.2, 0.25) is 0 Å². The van der Waals surface area contributed by atoms with E-state index in [1.807, 2.05) is 24.3 Å². The van der Waals surface area contributed by atoms with Gasteiger partial charge in [-0.25, -0.2) is 4.39 Å². The topological polar surface area (TPSA) is 156 Å². The summed E-state index contributed by atoms with van der Waals surface area (Å²) < 4.78 is 13.4. The van der Waals surface area contributed by atoms with Crippen LogP contribution in [0.25, 0.3) is 32.9 Å². The van der Waals surface area contributed by atoms with Gasteiger partial charge < -0.3 is 27.1 Å². The molecule has 10 heteroatoms. The summed E-state index contributed by atoms with van der Waals surface area (Å²) in [5, 5.41) is 7.25. The Morgan fingerprint density at radius 1 is 0.841 bits per heavy atom. The lowest BCUT2D eigenvalue weighted by molar-refractivity contribution is 0.0948. The van der Waals surface area contributed by atoms with Crippen LogP contribution in [0.5, 0.6) is 0 Å². The van der Waals surface area contributed by atoms with Gasteiger partial charge in [-0.15, -0.1) is 0 Å². The van der Waals surface area contributed by atoms with Gasteiger partial charge in [0.25, 0.3) is 17.7 Å². The minimum absolute atomic E-state index is 0.0945. The minimum atomic E-state index is -0.610. The summed E-state index contributed by atoms with van der Waals surface area (Å²) in [6.45, 7) is 0.369. The summed E-state index contributed by atoms with van der Waals surface area (Å²) in [6.07, 6.45) is 1.66. The summed E-state index contributed by atoms with van der Waals surface area (Å²) in [7, 11) is 0. The van der Waals surface area contributed by atoms with Gasteiger partial charge in [-0.05, 0) is 77.4 Å². The number of pyridine rings is 1. The molecule has 6 aromatic rings. The molecular weight excluding hydrogens is 559 g/mol. The van der Waals surface area contributed by atoms with Crippen molar-refractivity contribution in [1.29, 1.82) is 0 Å². The first kappa shape index (κ1) is 28.3. The lowest BCUT2D eigenvalue weighted by Gasteiger charge is -2.16. The number of hydrogen-bond donors (Lipinski definition) is 5. The molecule has 0 radical (unpaired) electrons. The van der Waals surface area contributed by atoms with Crippen LogP contribution in [-0.2, 0) is 13.1 Å². The Labute approximate surface area is 251 Å². The van der Waals surface area contributed by atoms with Gasteiger partial charge in [0, 0.05) is 45.8 Å². The van der Waals surface area contributed by atoms with Crippen LogP contribution in [0, 0.1) is 5.82 Å². The number of primary amides is 1. The maximum Gasteiger partial charge on any atom is 0.255 e. The highest BCUT2D eigenvalue weighted by atomic mass is 19.1. The third-order valence-electron chi connectivity index (χ3n) is 7.46. The van der Waals surface area contributed by atoms with Gasteiger partial charge in [-0.3, -0.25) is 19.4 Å². The van der Waals surface area contributed by atoms with Gasteiger partial charge in [0.15, 0.2) is 0 Å². The van der Waals surface area contributed by atoms with E-state index >= 15 is 0 Å². The quantitative estimate of drug-likeness (QED) is 0.164. The number of carbonyl (C=O) groups is 3. The van der Waals surface area contributed by atoms with E-state index in [1.54, 1.807) is 48.7 Å². The molecule has 0 aliphatic rings. The molecule has 218 valence electrons. The molecule has 3 amide bonds. The van der Waals surface area contributed by atoms with E-state index < -0.39 is 17.6 Å². The van der Waals surface area contributed by atoms with E-state index in [9.17, 15) is 18.8 Å². The Balaban J connectivity index is 1.42. The van der Waals surface area contributed by atoms with Gasteiger partial charge in [-0.1, -0.05) is 30.3 Å². The van der Waals surface area contributed by atoms with Crippen molar-refractivity contribution in [1.82, 2.24) is 15.3 Å². The molecule has 9 nitrogen and oxygen atoms in total. The second-order valence-corrected chi connectivity index (χ2v) is 10.2. The monoisotopic (exact) mass is 586 g/mol. The number of fused-ring (bicyclic) bond motifs is 3. The molecule has 0 spiro atoms. The van der Waals surface area contributed by atoms with E-state index in [-0.39, 0.29) is 24.6 Å². The molecule has 2 aromatic heterocycles. The zero-order valence-corrected chi connectivity index (χ0v) is 23.4. The summed E-state index contributed by atoms with van der Waals surface area (Å²) in [6, 6.07) is 24.8.